The van der Waals surface area contributed by atoms with Gasteiger partial charge in [-0.2, -0.15) is 13.2 Å². The van der Waals surface area contributed by atoms with Crippen LogP contribution < -0.4 is 10.2 Å². The fourth-order valence-corrected chi connectivity index (χ4v) is 5.83. The topological polar surface area (TPSA) is 119 Å². The Kier molecular flexibility index (Phi) is 7.98. The van der Waals surface area contributed by atoms with E-state index in [-0.39, 0.29) is 29.3 Å². The second-order valence-electron chi connectivity index (χ2n) is 10.0. The summed E-state index contributed by atoms with van der Waals surface area (Å²) >= 11 is 0. The Labute approximate surface area is 223 Å². The summed E-state index contributed by atoms with van der Waals surface area (Å²) in [5, 5.41) is 10.2. The average molecular weight is 549 g/mol. The molecule has 0 aliphatic carbocycles. The van der Waals surface area contributed by atoms with Gasteiger partial charge in [0, 0.05) is 58.1 Å². The quantitative estimate of drug-likeness (QED) is 0.606. The highest BCUT2D eigenvalue weighted by Crippen LogP contribution is 2.49. The lowest BCUT2D eigenvalue weighted by molar-refractivity contribution is -0.192. The number of hydrogen-bond acceptors (Lipinski definition) is 6. The molecule has 0 saturated carbocycles. The number of aliphatic carboxylic acids is 1. The van der Waals surface area contributed by atoms with Crippen LogP contribution in [0.15, 0.2) is 42.7 Å². The lowest BCUT2D eigenvalue weighted by Crippen LogP contribution is -2.57. The highest BCUT2D eigenvalue weighted by molar-refractivity contribution is 5.84. The molecule has 1 aromatic carbocycles. The molecular weight excluding hydrogens is 517 g/mol. The van der Waals surface area contributed by atoms with E-state index in [1.165, 1.54) is 5.56 Å². The first-order valence-corrected chi connectivity index (χ1v) is 12.6. The molecule has 2 aromatic rings. The first-order chi connectivity index (χ1) is 18.4. The van der Waals surface area contributed by atoms with Crippen LogP contribution in [-0.4, -0.2) is 87.7 Å². The zero-order valence-electron chi connectivity index (χ0n) is 21.7. The molecule has 0 unspecified atom stereocenters. The number of rotatable bonds is 3. The number of halogens is 3. The molecule has 39 heavy (non-hydrogen) atoms. The first-order valence-electron chi connectivity index (χ1n) is 12.6. The molecule has 1 spiro atoms. The van der Waals surface area contributed by atoms with Crippen molar-refractivity contribution in [1.29, 1.82) is 0 Å². The van der Waals surface area contributed by atoms with Crippen molar-refractivity contribution in [2.75, 3.05) is 38.1 Å². The number of nitrogens with zero attached hydrogens (tertiary/aromatic N) is 5. The molecule has 3 aliphatic rings. The molecule has 13 heteroatoms. The number of aromatic nitrogens is 2. The number of nitrogens with one attached hydrogen (secondary N) is 1. The molecule has 10 nitrogen and oxygen atoms in total. The van der Waals surface area contributed by atoms with Crippen molar-refractivity contribution < 1.29 is 32.7 Å². The molecule has 3 aliphatic heterocycles. The first kappa shape index (κ1) is 28.1. The molecule has 3 fully saturated rings. The van der Waals surface area contributed by atoms with E-state index in [2.05, 4.69) is 33.2 Å². The van der Waals surface area contributed by atoms with Crippen LogP contribution in [0.1, 0.15) is 24.0 Å². The summed E-state index contributed by atoms with van der Waals surface area (Å²) < 4.78 is 31.7. The highest BCUT2D eigenvalue weighted by Gasteiger charge is 2.61. The summed E-state index contributed by atoms with van der Waals surface area (Å²) in [6.45, 7) is 5.35. The van der Waals surface area contributed by atoms with Gasteiger partial charge in [0.15, 0.2) is 0 Å². The van der Waals surface area contributed by atoms with Crippen LogP contribution in [0.25, 0.3) is 0 Å². The van der Waals surface area contributed by atoms with E-state index in [4.69, 9.17) is 9.90 Å². The van der Waals surface area contributed by atoms with E-state index in [0.29, 0.717) is 32.1 Å². The van der Waals surface area contributed by atoms with Crippen LogP contribution in [0, 0.1) is 18.8 Å². The lowest BCUT2D eigenvalue weighted by atomic mass is 9.75. The van der Waals surface area contributed by atoms with Crippen LogP contribution in [0.4, 0.5) is 23.9 Å². The van der Waals surface area contributed by atoms with Gasteiger partial charge in [-0.3, -0.25) is 4.79 Å². The zero-order chi connectivity index (χ0) is 28.4. The summed E-state index contributed by atoms with van der Waals surface area (Å²) in [6.07, 6.45) is 0.0116. The number of urea groups is 1. The van der Waals surface area contributed by atoms with Crippen molar-refractivity contribution >= 4 is 23.9 Å². The molecule has 2 N–H and O–H groups in total. The normalized spacial score (nSPS) is 21.9. The fraction of sp³-hybridized carbons (Fsp3) is 0.500. The standard InChI is InChI=1S/C24H30N6O2.C2HF3O2/c1-17-6-3-4-7-18(17)14-27-23(32)29-12-8-24(9-13-29)20-16-30(22-25-10-5-11-26-22)15-19(20)21(31)28(24)2;3-2(4,5)1(6)7/h3-7,10-11,19-20H,8-9,12-16H2,1-2H3,(H,27,32);(H,6,7)/t19-,20+;/m0./s1. The van der Waals surface area contributed by atoms with E-state index in [1.807, 2.05) is 35.0 Å². The molecule has 1 aromatic heterocycles. The van der Waals surface area contributed by atoms with Crippen LogP contribution in [0.3, 0.4) is 0 Å². The number of likely N-dealkylation sites (tertiary alicyclic amines) is 2. The van der Waals surface area contributed by atoms with Gasteiger partial charge in [0.25, 0.3) is 0 Å². The summed E-state index contributed by atoms with van der Waals surface area (Å²) in [4.78, 5) is 49.6. The summed E-state index contributed by atoms with van der Waals surface area (Å²) in [7, 11) is 1.94. The second-order valence-corrected chi connectivity index (χ2v) is 10.0. The van der Waals surface area contributed by atoms with Gasteiger partial charge in [-0.1, -0.05) is 24.3 Å². The van der Waals surface area contributed by atoms with Crippen molar-refractivity contribution in [2.24, 2.45) is 11.8 Å². The van der Waals surface area contributed by atoms with Gasteiger partial charge in [-0.25, -0.2) is 19.6 Å². The summed E-state index contributed by atoms with van der Waals surface area (Å²) in [5.41, 5.74) is 2.11. The van der Waals surface area contributed by atoms with E-state index in [9.17, 15) is 22.8 Å². The molecule has 4 heterocycles. The minimum atomic E-state index is -5.08. The van der Waals surface area contributed by atoms with Gasteiger partial charge >= 0.3 is 18.2 Å². The van der Waals surface area contributed by atoms with E-state index >= 15 is 0 Å². The predicted octanol–water partition coefficient (Wildman–Crippen LogP) is 2.69. The number of aryl methyl sites for hydroxylation is 1. The Hall–Kier alpha value is -3.90. The van der Waals surface area contributed by atoms with Gasteiger partial charge in [0.1, 0.15) is 0 Å². The molecule has 0 radical (unpaired) electrons. The number of amides is 3. The number of benzene rings is 1. The van der Waals surface area contributed by atoms with Gasteiger partial charge < -0.3 is 25.1 Å². The lowest BCUT2D eigenvalue weighted by Gasteiger charge is -2.46. The molecular formula is C26H31F3N6O4. The van der Waals surface area contributed by atoms with Crippen LogP contribution in [0.2, 0.25) is 0 Å². The Balaban J connectivity index is 0.000000448. The third kappa shape index (κ3) is 5.76. The molecule has 0 bridgehead atoms. The predicted molar refractivity (Wildman–Crippen MR) is 135 cm³/mol. The third-order valence-electron chi connectivity index (χ3n) is 8.01. The summed E-state index contributed by atoms with van der Waals surface area (Å²) in [6, 6.07) is 9.88. The fourth-order valence-electron chi connectivity index (χ4n) is 5.83. The van der Waals surface area contributed by atoms with Gasteiger partial charge in [0.05, 0.1) is 11.5 Å². The smallest absolute Gasteiger partial charge is 0.475 e. The molecule has 3 saturated heterocycles. The van der Waals surface area contributed by atoms with Gasteiger partial charge in [0.2, 0.25) is 11.9 Å². The molecule has 210 valence electrons. The number of carbonyl (C=O) groups excluding carboxylic acids is 2. The highest BCUT2D eigenvalue weighted by atomic mass is 19.4. The minimum Gasteiger partial charge on any atom is -0.475 e. The Morgan fingerprint density at radius 1 is 1.10 bits per heavy atom. The zero-order valence-corrected chi connectivity index (χ0v) is 21.7. The second kappa shape index (κ2) is 11.1. The van der Waals surface area contributed by atoms with Crippen LogP contribution in [0.5, 0.6) is 0 Å². The number of piperidine rings is 1. The van der Waals surface area contributed by atoms with E-state index in [0.717, 1.165) is 24.9 Å². The number of carboxylic acids is 1. The average Bonchev–Trinajstić information content (AvgIpc) is 3.44. The number of anilines is 1. The van der Waals surface area contributed by atoms with Crippen LogP contribution >= 0.6 is 0 Å². The monoisotopic (exact) mass is 548 g/mol. The molecule has 3 amide bonds. The summed E-state index contributed by atoms with van der Waals surface area (Å²) in [5.74, 6) is -1.63. The van der Waals surface area contributed by atoms with E-state index in [1.54, 1.807) is 18.5 Å². The Bertz CT molecular complexity index is 1200. The number of carbonyl (C=O) groups is 3. The number of alkyl halides is 3. The SMILES string of the molecule is Cc1ccccc1CNC(=O)N1CCC2(CC1)[C@@H]1CN(c3ncccn3)C[C@@H]1C(=O)N2C.O=C(O)C(F)(F)F. The number of hydrogen-bond donors (Lipinski definition) is 2. The van der Waals surface area contributed by atoms with Crippen molar-refractivity contribution in [3.63, 3.8) is 0 Å². The van der Waals surface area contributed by atoms with Crippen molar-refractivity contribution in [1.82, 2.24) is 25.1 Å². The van der Waals surface area contributed by atoms with Crippen LogP contribution in [-0.2, 0) is 16.1 Å². The number of carboxylic acid groups (broad SMARTS) is 1. The Morgan fingerprint density at radius 2 is 1.72 bits per heavy atom. The molecule has 2 atom stereocenters. The third-order valence-corrected chi connectivity index (χ3v) is 8.01. The minimum absolute atomic E-state index is 0.0229. The maximum Gasteiger partial charge on any atom is 0.490 e. The van der Waals surface area contributed by atoms with Gasteiger partial charge in [-0.05, 0) is 37.0 Å². The maximum absolute atomic E-state index is 13.1. The van der Waals surface area contributed by atoms with Gasteiger partial charge in [-0.15, -0.1) is 0 Å². The van der Waals surface area contributed by atoms with Crippen molar-refractivity contribution in [2.45, 2.75) is 38.0 Å². The van der Waals surface area contributed by atoms with Crippen molar-refractivity contribution in [3.8, 4) is 0 Å². The van der Waals surface area contributed by atoms with Crippen molar-refractivity contribution in [3.05, 3.63) is 53.9 Å². The molecule has 5 rings (SSSR count). The number of fused-ring (bicyclic) bond motifs is 2. The maximum atomic E-state index is 13.1. The Morgan fingerprint density at radius 3 is 2.31 bits per heavy atom. The van der Waals surface area contributed by atoms with E-state index < -0.39 is 12.1 Å². The largest absolute Gasteiger partial charge is 0.490 e.